The molecule has 0 amide bonds. The zero-order valence-corrected chi connectivity index (χ0v) is 12.3. The van der Waals surface area contributed by atoms with Crippen LogP contribution < -0.4 is 5.32 Å². The van der Waals surface area contributed by atoms with Crippen LogP contribution in [0.25, 0.3) is 5.65 Å². The van der Waals surface area contributed by atoms with Gasteiger partial charge in [0.25, 0.3) is 0 Å². The fourth-order valence-corrected chi connectivity index (χ4v) is 3.31. The summed E-state index contributed by atoms with van der Waals surface area (Å²) in [5, 5.41) is 19.4. The molecule has 22 heavy (non-hydrogen) atoms. The molecule has 0 bridgehead atoms. The quantitative estimate of drug-likeness (QED) is 0.801. The molecule has 1 N–H and O–H groups in total. The monoisotopic (exact) mass is 294 g/mol. The third-order valence-corrected chi connectivity index (χ3v) is 4.40. The molecule has 6 heteroatoms. The summed E-state index contributed by atoms with van der Waals surface area (Å²) in [5.41, 5.74) is 1.97. The van der Waals surface area contributed by atoms with Crippen molar-refractivity contribution in [1.82, 2.24) is 25.3 Å². The van der Waals surface area contributed by atoms with E-state index in [1.165, 1.54) is 35.9 Å². The van der Waals surface area contributed by atoms with E-state index in [4.69, 9.17) is 0 Å². The maximum atomic E-state index is 4.44. The Morgan fingerprint density at radius 3 is 2.68 bits per heavy atom. The molecule has 0 saturated heterocycles. The van der Waals surface area contributed by atoms with E-state index in [2.05, 4.69) is 56.3 Å². The molecule has 1 aliphatic carbocycles. The Morgan fingerprint density at radius 2 is 1.86 bits per heavy atom. The fraction of sp³-hybridized carbons (Fsp3) is 0.375. The Balaban J connectivity index is 1.65. The van der Waals surface area contributed by atoms with Gasteiger partial charge in [-0.3, -0.25) is 0 Å². The minimum atomic E-state index is 0.283. The van der Waals surface area contributed by atoms with Crippen molar-refractivity contribution in [3.8, 4) is 0 Å². The molecular formula is C16H18N6. The third kappa shape index (κ3) is 2.52. The lowest BCUT2D eigenvalue weighted by molar-refractivity contribution is 0.468. The zero-order valence-electron chi connectivity index (χ0n) is 12.3. The van der Waals surface area contributed by atoms with Gasteiger partial charge < -0.3 is 5.32 Å². The predicted octanol–water partition coefficient (Wildman–Crippen LogP) is 2.86. The van der Waals surface area contributed by atoms with Crippen LogP contribution in [0.1, 0.15) is 37.3 Å². The SMILES string of the molecule is c1ccc(C(Nc2ccc3nnnn3n2)C2CCCC2)cc1. The number of rotatable bonds is 4. The van der Waals surface area contributed by atoms with Crippen LogP contribution in [0.3, 0.4) is 0 Å². The molecule has 2 aromatic heterocycles. The summed E-state index contributed by atoms with van der Waals surface area (Å²) in [6, 6.07) is 14.7. The van der Waals surface area contributed by atoms with Gasteiger partial charge in [-0.05, 0) is 46.9 Å². The summed E-state index contributed by atoms with van der Waals surface area (Å²) in [5.74, 6) is 1.45. The van der Waals surface area contributed by atoms with Gasteiger partial charge in [-0.15, -0.1) is 14.8 Å². The van der Waals surface area contributed by atoms with Gasteiger partial charge in [0.15, 0.2) is 5.65 Å². The summed E-state index contributed by atoms with van der Waals surface area (Å²) in [6.45, 7) is 0. The molecule has 6 nitrogen and oxygen atoms in total. The summed E-state index contributed by atoms with van der Waals surface area (Å²) >= 11 is 0. The van der Waals surface area contributed by atoms with Crippen LogP contribution in [0, 0.1) is 5.92 Å². The molecule has 0 aliphatic heterocycles. The summed E-state index contributed by atoms with van der Waals surface area (Å²) < 4.78 is 1.46. The van der Waals surface area contributed by atoms with Gasteiger partial charge in [-0.25, -0.2) is 0 Å². The Hall–Kier alpha value is -2.50. The largest absolute Gasteiger partial charge is 0.361 e. The smallest absolute Gasteiger partial charge is 0.200 e. The normalized spacial score (nSPS) is 16.9. The van der Waals surface area contributed by atoms with Crippen LogP contribution in [0.5, 0.6) is 0 Å². The number of anilines is 1. The second kappa shape index (κ2) is 5.71. The van der Waals surface area contributed by atoms with Crippen LogP contribution >= 0.6 is 0 Å². The number of benzene rings is 1. The van der Waals surface area contributed by atoms with E-state index in [9.17, 15) is 0 Å². The molecule has 2 heterocycles. The van der Waals surface area contributed by atoms with Gasteiger partial charge in [-0.1, -0.05) is 43.2 Å². The van der Waals surface area contributed by atoms with Crippen molar-refractivity contribution in [3.63, 3.8) is 0 Å². The van der Waals surface area contributed by atoms with Crippen LogP contribution in [0.2, 0.25) is 0 Å². The van der Waals surface area contributed by atoms with Gasteiger partial charge in [0.05, 0.1) is 6.04 Å². The van der Waals surface area contributed by atoms with Gasteiger partial charge in [-0.2, -0.15) is 0 Å². The highest BCUT2D eigenvalue weighted by atomic mass is 15.6. The van der Waals surface area contributed by atoms with Crippen molar-refractivity contribution in [2.45, 2.75) is 31.7 Å². The fourth-order valence-electron chi connectivity index (χ4n) is 3.31. The number of nitrogens with zero attached hydrogens (tertiary/aromatic N) is 5. The van der Waals surface area contributed by atoms with Gasteiger partial charge in [0.2, 0.25) is 0 Å². The Kier molecular flexibility index (Phi) is 3.42. The van der Waals surface area contributed by atoms with Crippen molar-refractivity contribution < 1.29 is 0 Å². The highest BCUT2D eigenvalue weighted by Crippen LogP contribution is 2.37. The number of hydrogen-bond acceptors (Lipinski definition) is 5. The maximum Gasteiger partial charge on any atom is 0.200 e. The Morgan fingerprint density at radius 1 is 1.05 bits per heavy atom. The lowest BCUT2D eigenvalue weighted by Gasteiger charge is -2.25. The highest BCUT2D eigenvalue weighted by Gasteiger charge is 2.26. The molecule has 112 valence electrons. The van der Waals surface area contributed by atoms with Crippen LogP contribution in [0.4, 0.5) is 5.82 Å². The first kappa shape index (κ1) is 13.2. The van der Waals surface area contributed by atoms with Crippen molar-refractivity contribution in [2.24, 2.45) is 5.92 Å². The Labute approximate surface area is 128 Å². The van der Waals surface area contributed by atoms with Crippen molar-refractivity contribution in [1.29, 1.82) is 0 Å². The standard InChI is InChI=1S/C16H18N6/c1-2-6-12(7-3-1)16(13-8-4-5-9-13)17-14-10-11-15-18-20-21-22(15)19-14/h1-3,6-7,10-11,13,16H,4-5,8-9H2,(H,17,19). The second-order valence-corrected chi connectivity index (χ2v) is 5.82. The molecule has 4 rings (SSSR count). The van der Waals surface area contributed by atoms with Gasteiger partial charge in [0.1, 0.15) is 5.82 Å². The molecular weight excluding hydrogens is 276 g/mol. The van der Waals surface area contributed by atoms with Gasteiger partial charge >= 0.3 is 0 Å². The number of hydrogen-bond donors (Lipinski definition) is 1. The first-order valence-electron chi connectivity index (χ1n) is 7.77. The molecule has 1 aliphatic rings. The highest BCUT2D eigenvalue weighted by molar-refractivity contribution is 5.44. The van der Waals surface area contributed by atoms with Crippen LogP contribution in [0.15, 0.2) is 42.5 Å². The average molecular weight is 294 g/mol. The molecule has 3 aromatic rings. The summed E-state index contributed by atoms with van der Waals surface area (Å²) in [7, 11) is 0. The number of tetrazole rings is 1. The topological polar surface area (TPSA) is 68.0 Å². The molecule has 1 aromatic carbocycles. The molecule has 1 saturated carbocycles. The first-order valence-corrected chi connectivity index (χ1v) is 7.77. The third-order valence-electron chi connectivity index (χ3n) is 4.40. The lowest BCUT2D eigenvalue weighted by Crippen LogP contribution is -2.20. The molecule has 0 radical (unpaired) electrons. The lowest BCUT2D eigenvalue weighted by atomic mass is 9.91. The van der Waals surface area contributed by atoms with E-state index in [-0.39, 0.29) is 6.04 Å². The molecule has 1 fully saturated rings. The summed E-state index contributed by atoms with van der Waals surface area (Å²) in [6.07, 6.45) is 5.16. The molecule has 1 unspecified atom stereocenters. The average Bonchev–Trinajstić information content (AvgIpc) is 3.24. The van der Waals surface area contributed by atoms with E-state index >= 15 is 0 Å². The van der Waals surface area contributed by atoms with Crippen molar-refractivity contribution >= 4 is 11.5 Å². The van der Waals surface area contributed by atoms with E-state index < -0.39 is 0 Å². The van der Waals surface area contributed by atoms with E-state index in [0.29, 0.717) is 11.6 Å². The minimum absolute atomic E-state index is 0.283. The molecule has 0 spiro atoms. The minimum Gasteiger partial charge on any atom is -0.361 e. The predicted molar refractivity (Wildman–Crippen MR) is 83.3 cm³/mol. The maximum absolute atomic E-state index is 4.44. The van der Waals surface area contributed by atoms with Crippen LogP contribution in [-0.4, -0.2) is 25.3 Å². The van der Waals surface area contributed by atoms with Crippen LogP contribution in [-0.2, 0) is 0 Å². The second-order valence-electron chi connectivity index (χ2n) is 5.82. The van der Waals surface area contributed by atoms with E-state index in [1.807, 2.05) is 12.1 Å². The number of fused-ring (bicyclic) bond motifs is 1. The first-order chi connectivity index (χ1) is 10.9. The van der Waals surface area contributed by atoms with E-state index in [1.54, 1.807) is 0 Å². The molecule has 1 atom stereocenters. The van der Waals surface area contributed by atoms with Crippen molar-refractivity contribution in [3.05, 3.63) is 48.0 Å². The number of nitrogens with one attached hydrogen (secondary N) is 1. The summed E-state index contributed by atoms with van der Waals surface area (Å²) in [4.78, 5) is 0. The zero-order chi connectivity index (χ0) is 14.8. The van der Waals surface area contributed by atoms with Gasteiger partial charge in [0, 0.05) is 0 Å². The van der Waals surface area contributed by atoms with E-state index in [0.717, 1.165) is 5.82 Å². The number of aromatic nitrogens is 5. The Bertz CT molecular complexity index is 747. The van der Waals surface area contributed by atoms with Crippen molar-refractivity contribution in [2.75, 3.05) is 5.32 Å².